The highest BCUT2D eigenvalue weighted by Gasteiger charge is 2.23. The molecule has 0 fully saturated rings. The summed E-state index contributed by atoms with van der Waals surface area (Å²) in [5.41, 5.74) is 2.13. The molecule has 0 radical (unpaired) electrons. The molecule has 2 aromatic rings. The van der Waals surface area contributed by atoms with Crippen molar-refractivity contribution in [3.8, 4) is 5.75 Å². The summed E-state index contributed by atoms with van der Waals surface area (Å²) in [6.45, 7) is 5.94. The molecule has 0 spiro atoms. The summed E-state index contributed by atoms with van der Waals surface area (Å²) in [6, 6.07) is 2.08. The Morgan fingerprint density at radius 1 is 1.33 bits per heavy atom. The normalized spacial score (nSPS) is 12.4. The molecule has 0 saturated heterocycles. The molecule has 0 aliphatic heterocycles. The number of nitrogens with one attached hydrogen (secondary N) is 1. The highest BCUT2D eigenvalue weighted by molar-refractivity contribution is 9.10. The predicted octanol–water partition coefficient (Wildman–Crippen LogP) is 3.16. The number of hydrogen-bond donors (Lipinski definition) is 1. The standard InChI is InChI=1S/C15H21BrN4O/c1-4-6-20-15(13(21-3)10-19-20)14(18-5-2)11-7-12(16)9-17-8-11/h7-10,14,18H,4-6H2,1-3H3. The van der Waals surface area contributed by atoms with E-state index in [1.54, 1.807) is 19.5 Å². The molecule has 0 aromatic carbocycles. The first kappa shape index (κ1) is 16.0. The van der Waals surface area contributed by atoms with Crippen LogP contribution in [0.3, 0.4) is 0 Å². The third-order valence-corrected chi connectivity index (χ3v) is 3.67. The Hall–Kier alpha value is -1.40. The molecule has 6 heteroatoms. The van der Waals surface area contributed by atoms with E-state index in [4.69, 9.17) is 4.74 Å². The lowest BCUT2D eigenvalue weighted by atomic mass is 10.0. The fourth-order valence-corrected chi connectivity index (χ4v) is 2.76. The highest BCUT2D eigenvalue weighted by atomic mass is 79.9. The van der Waals surface area contributed by atoms with Crippen LogP contribution in [0.15, 0.2) is 29.1 Å². The third kappa shape index (κ3) is 3.63. The number of nitrogens with zero attached hydrogens (tertiary/aromatic N) is 3. The molecule has 114 valence electrons. The van der Waals surface area contributed by atoms with Crippen molar-refractivity contribution in [1.82, 2.24) is 20.1 Å². The second kappa shape index (κ2) is 7.56. The van der Waals surface area contributed by atoms with E-state index in [2.05, 4.69) is 51.2 Å². The fourth-order valence-electron chi connectivity index (χ4n) is 2.38. The molecule has 2 rings (SSSR count). The molecular formula is C15H21BrN4O. The fraction of sp³-hybridized carbons (Fsp3) is 0.467. The van der Waals surface area contributed by atoms with Gasteiger partial charge in [0.25, 0.3) is 0 Å². The summed E-state index contributed by atoms with van der Waals surface area (Å²) in [5, 5.41) is 7.95. The monoisotopic (exact) mass is 352 g/mol. The van der Waals surface area contributed by atoms with Gasteiger partial charge in [0, 0.05) is 23.4 Å². The average Bonchev–Trinajstić information content (AvgIpc) is 2.88. The second-order valence-electron chi connectivity index (χ2n) is 4.75. The predicted molar refractivity (Wildman–Crippen MR) is 86.5 cm³/mol. The number of methoxy groups -OCH3 is 1. The third-order valence-electron chi connectivity index (χ3n) is 3.24. The van der Waals surface area contributed by atoms with Gasteiger partial charge in [-0.25, -0.2) is 0 Å². The zero-order valence-corrected chi connectivity index (χ0v) is 14.2. The smallest absolute Gasteiger partial charge is 0.161 e. The van der Waals surface area contributed by atoms with E-state index in [-0.39, 0.29) is 6.04 Å². The Morgan fingerprint density at radius 3 is 2.76 bits per heavy atom. The van der Waals surface area contributed by atoms with Gasteiger partial charge in [0.05, 0.1) is 19.3 Å². The molecule has 2 aromatic heterocycles. The molecule has 5 nitrogen and oxygen atoms in total. The number of ether oxygens (including phenoxy) is 1. The highest BCUT2D eigenvalue weighted by Crippen LogP contribution is 2.30. The Balaban J connectivity index is 2.49. The number of halogens is 1. The van der Waals surface area contributed by atoms with Gasteiger partial charge in [0.1, 0.15) is 5.69 Å². The van der Waals surface area contributed by atoms with Crippen molar-refractivity contribution in [2.45, 2.75) is 32.9 Å². The lowest BCUT2D eigenvalue weighted by Gasteiger charge is -2.21. The quantitative estimate of drug-likeness (QED) is 0.831. The first-order valence-electron chi connectivity index (χ1n) is 7.14. The van der Waals surface area contributed by atoms with E-state index in [0.29, 0.717) is 0 Å². The summed E-state index contributed by atoms with van der Waals surface area (Å²) >= 11 is 3.49. The average molecular weight is 353 g/mol. The maximum atomic E-state index is 5.50. The zero-order valence-electron chi connectivity index (χ0n) is 12.6. The van der Waals surface area contributed by atoms with Crippen LogP contribution in [0.25, 0.3) is 0 Å². The van der Waals surface area contributed by atoms with Crippen LogP contribution >= 0.6 is 15.9 Å². The topological polar surface area (TPSA) is 52.0 Å². The van der Waals surface area contributed by atoms with Crippen molar-refractivity contribution in [3.05, 3.63) is 40.4 Å². The van der Waals surface area contributed by atoms with Gasteiger partial charge >= 0.3 is 0 Å². The summed E-state index contributed by atoms with van der Waals surface area (Å²) in [4.78, 5) is 4.27. The van der Waals surface area contributed by atoms with E-state index >= 15 is 0 Å². The van der Waals surface area contributed by atoms with Gasteiger partial charge in [-0.2, -0.15) is 5.10 Å². The van der Waals surface area contributed by atoms with Gasteiger partial charge in [0.2, 0.25) is 0 Å². The van der Waals surface area contributed by atoms with Gasteiger partial charge < -0.3 is 10.1 Å². The Bertz CT molecular complexity index is 585. The molecule has 0 aliphatic carbocycles. The molecule has 0 saturated carbocycles. The van der Waals surface area contributed by atoms with Gasteiger partial charge in [-0.05, 0) is 40.5 Å². The molecule has 1 unspecified atom stereocenters. The minimum atomic E-state index is 0.00370. The van der Waals surface area contributed by atoms with Crippen LogP contribution in [-0.2, 0) is 6.54 Å². The molecule has 1 atom stereocenters. The van der Waals surface area contributed by atoms with Crippen molar-refractivity contribution >= 4 is 15.9 Å². The van der Waals surface area contributed by atoms with Gasteiger partial charge in [-0.3, -0.25) is 9.67 Å². The number of hydrogen-bond acceptors (Lipinski definition) is 4. The summed E-state index contributed by atoms with van der Waals surface area (Å²) in [5.74, 6) is 0.800. The maximum absolute atomic E-state index is 5.50. The van der Waals surface area contributed by atoms with Crippen molar-refractivity contribution in [3.63, 3.8) is 0 Å². The van der Waals surface area contributed by atoms with E-state index < -0.39 is 0 Å². The molecule has 1 N–H and O–H groups in total. The van der Waals surface area contributed by atoms with Crippen LogP contribution < -0.4 is 10.1 Å². The maximum Gasteiger partial charge on any atom is 0.161 e. The van der Waals surface area contributed by atoms with Crippen LogP contribution in [0, 0.1) is 0 Å². The van der Waals surface area contributed by atoms with Crippen LogP contribution in [0.4, 0.5) is 0 Å². The van der Waals surface area contributed by atoms with Crippen molar-refractivity contribution < 1.29 is 4.74 Å². The Kier molecular flexibility index (Phi) is 5.76. The molecule has 21 heavy (non-hydrogen) atoms. The molecule has 0 aliphatic rings. The molecule has 0 amide bonds. The SMILES string of the molecule is CCCn1ncc(OC)c1C(NCC)c1cncc(Br)c1. The minimum Gasteiger partial charge on any atom is -0.493 e. The summed E-state index contributed by atoms with van der Waals surface area (Å²) < 4.78 is 8.46. The van der Waals surface area contributed by atoms with Crippen molar-refractivity contribution in [2.75, 3.05) is 13.7 Å². The molecule has 2 heterocycles. The molecular weight excluding hydrogens is 332 g/mol. The zero-order chi connectivity index (χ0) is 15.2. The summed E-state index contributed by atoms with van der Waals surface area (Å²) in [7, 11) is 1.68. The van der Waals surface area contributed by atoms with Crippen LogP contribution in [0.1, 0.15) is 37.6 Å². The second-order valence-corrected chi connectivity index (χ2v) is 5.66. The summed E-state index contributed by atoms with van der Waals surface area (Å²) in [6.07, 6.45) is 6.46. The first-order valence-corrected chi connectivity index (χ1v) is 7.94. The van der Waals surface area contributed by atoms with Gasteiger partial charge in [-0.1, -0.05) is 13.8 Å². The largest absolute Gasteiger partial charge is 0.493 e. The Labute approximate surface area is 133 Å². The van der Waals surface area contributed by atoms with E-state index in [1.165, 1.54) is 0 Å². The Morgan fingerprint density at radius 2 is 2.14 bits per heavy atom. The van der Waals surface area contributed by atoms with Crippen LogP contribution in [0.2, 0.25) is 0 Å². The number of aromatic nitrogens is 3. The van der Waals surface area contributed by atoms with E-state index in [1.807, 2.05) is 10.9 Å². The van der Waals surface area contributed by atoms with E-state index in [0.717, 1.165) is 41.0 Å². The van der Waals surface area contributed by atoms with Crippen LogP contribution in [-0.4, -0.2) is 28.4 Å². The van der Waals surface area contributed by atoms with Crippen molar-refractivity contribution in [2.24, 2.45) is 0 Å². The lowest BCUT2D eigenvalue weighted by Crippen LogP contribution is -2.25. The lowest BCUT2D eigenvalue weighted by molar-refractivity contribution is 0.398. The minimum absolute atomic E-state index is 0.00370. The van der Waals surface area contributed by atoms with E-state index in [9.17, 15) is 0 Å². The van der Waals surface area contributed by atoms with Crippen LogP contribution in [0.5, 0.6) is 5.75 Å². The number of aryl methyl sites for hydroxylation is 1. The first-order chi connectivity index (χ1) is 10.2. The number of rotatable bonds is 7. The van der Waals surface area contributed by atoms with Gasteiger partial charge in [-0.15, -0.1) is 0 Å². The van der Waals surface area contributed by atoms with Crippen molar-refractivity contribution in [1.29, 1.82) is 0 Å². The van der Waals surface area contributed by atoms with Gasteiger partial charge in [0.15, 0.2) is 5.75 Å². The molecule has 0 bridgehead atoms. The number of pyridine rings is 1.